The molecule has 1 N–H and O–H groups in total. The topological polar surface area (TPSA) is 73.6 Å². The first-order valence-corrected chi connectivity index (χ1v) is 6.81. The molecule has 6 nitrogen and oxygen atoms in total. The van der Waals surface area contributed by atoms with E-state index >= 15 is 0 Å². The second-order valence-electron chi connectivity index (χ2n) is 4.47. The molecule has 0 saturated carbocycles. The minimum Gasteiger partial charge on any atom is -0.493 e. The van der Waals surface area contributed by atoms with Crippen LogP contribution in [0.1, 0.15) is 5.56 Å². The summed E-state index contributed by atoms with van der Waals surface area (Å²) in [7, 11) is 3.05. The lowest BCUT2D eigenvalue weighted by molar-refractivity contribution is -0.384. The predicted molar refractivity (Wildman–Crippen MR) is 85.0 cm³/mol. The average Bonchev–Trinajstić information content (AvgIpc) is 2.52. The zero-order valence-corrected chi connectivity index (χ0v) is 12.9. The molecule has 2 rings (SSSR count). The molecule has 0 bridgehead atoms. The molecule has 0 spiro atoms. The van der Waals surface area contributed by atoms with E-state index in [2.05, 4.69) is 5.32 Å². The van der Waals surface area contributed by atoms with Crippen molar-refractivity contribution in [3.8, 4) is 11.5 Å². The Bertz CT molecular complexity index is 691. The lowest BCUT2D eigenvalue weighted by Gasteiger charge is -2.12. The molecule has 0 aliphatic rings. The summed E-state index contributed by atoms with van der Waals surface area (Å²) in [6, 6.07) is 9.86. The van der Waals surface area contributed by atoms with E-state index in [1.807, 2.05) is 0 Å². The van der Waals surface area contributed by atoms with Crippen LogP contribution in [0.5, 0.6) is 11.5 Å². The van der Waals surface area contributed by atoms with Crippen LogP contribution in [0.25, 0.3) is 0 Å². The number of ether oxygens (including phenoxy) is 2. The summed E-state index contributed by atoms with van der Waals surface area (Å²) in [5.74, 6) is 1.01. The molecule has 2 aromatic rings. The zero-order chi connectivity index (χ0) is 16.1. The number of nitro groups is 1. The Hall–Kier alpha value is -2.47. The maximum Gasteiger partial charge on any atom is 0.271 e. The van der Waals surface area contributed by atoms with Gasteiger partial charge in [-0.25, -0.2) is 0 Å². The van der Waals surface area contributed by atoms with E-state index in [9.17, 15) is 10.1 Å². The van der Waals surface area contributed by atoms with Gasteiger partial charge in [0.05, 0.1) is 24.2 Å². The first-order valence-electron chi connectivity index (χ1n) is 6.44. The number of nitrogens with zero attached hydrogens (tertiary/aromatic N) is 1. The Kier molecular flexibility index (Phi) is 5.06. The predicted octanol–water partition coefficient (Wildman–Crippen LogP) is 3.88. The fourth-order valence-electron chi connectivity index (χ4n) is 2.01. The number of benzene rings is 2. The molecule has 116 valence electrons. The fourth-order valence-corrected chi connectivity index (χ4v) is 2.32. The van der Waals surface area contributed by atoms with Crippen LogP contribution < -0.4 is 14.8 Å². The van der Waals surface area contributed by atoms with Gasteiger partial charge in [0.15, 0.2) is 11.5 Å². The lowest BCUT2D eigenvalue weighted by Crippen LogP contribution is -2.01. The molecule has 0 amide bonds. The van der Waals surface area contributed by atoms with Crippen LogP contribution in [0.4, 0.5) is 11.4 Å². The maximum atomic E-state index is 10.8. The van der Waals surface area contributed by atoms with E-state index in [0.29, 0.717) is 28.8 Å². The number of nitrogens with one attached hydrogen (secondary N) is 1. The van der Waals surface area contributed by atoms with Gasteiger partial charge >= 0.3 is 0 Å². The van der Waals surface area contributed by atoms with Crippen LogP contribution in [0.15, 0.2) is 36.4 Å². The highest BCUT2D eigenvalue weighted by Gasteiger charge is 2.11. The van der Waals surface area contributed by atoms with E-state index < -0.39 is 4.92 Å². The number of hydrogen-bond acceptors (Lipinski definition) is 5. The van der Waals surface area contributed by atoms with Gasteiger partial charge in [-0.15, -0.1) is 0 Å². The van der Waals surface area contributed by atoms with Crippen LogP contribution in [-0.2, 0) is 6.54 Å². The summed E-state index contributed by atoms with van der Waals surface area (Å²) in [6.07, 6.45) is 0. The SMILES string of the molecule is COc1cc(CNc2cccc([N+](=O)[O-])c2)cc(Cl)c1OC. The van der Waals surface area contributed by atoms with Crippen molar-refractivity contribution in [1.29, 1.82) is 0 Å². The first kappa shape index (κ1) is 15.9. The highest BCUT2D eigenvalue weighted by Crippen LogP contribution is 2.36. The molecule has 0 saturated heterocycles. The first-order chi connectivity index (χ1) is 10.5. The van der Waals surface area contributed by atoms with E-state index in [4.69, 9.17) is 21.1 Å². The molecular formula is C15H15ClN2O4. The summed E-state index contributed by atoms with van der Waals surface area (Å²) >= 11 is 6.14. The second-order valence-corrected chi connectivity index (χ2v) is 4.88. The van der Waals surface area contributed by atoms with Crippen molar-refractivity contribution in [3.05, 3.63) is 57.1 Å². The smallest absolute Gasteiger partial charge is 0.271 e. The summed E-state index contributed by atoms with van der Waals surface area (Å²) < 4.78 is 10.4. The maximum absolute atomic E-state index is 10.8. The number of rotatable bonds is 6. The number of halogens is 1. The summed E-state index contributed by atoms with van der Waals surface area (Å²) in [5, 5.41) is 14.3. The molecule has 22 heavy (non-hydrogen) atoms. The van der Waals surface area contributed by atoms with Gasteiger partial charge in [-0.1, -0.05) is 17.7 Å². The number of anilines is 1. The molecule has 7 heteroatoms. The van der Waals surface area contributed by atoms with Gasteiger partial charge in [0.2, 0.25) is 0 Å². The Labute approximate surface area is 132 Å². The fraction of sp³-hybridized carbons (Fsp3) is 0.200. The molecule has 0 radical (unpaired) electrons. The van der Waals surface area contributed by atoms with E-state index in [1.165, 1.54) is 26.4 Å². The van der Waals surface area contributed by atoms with E-state index in [1.54, 1.807) is 24.3 Å². The van der Waals surface area contributed by atoms with Gasteiger partial charge in [0.1, 0.15) is 0 Å². The number of non-ortho nitro benzene ring substituents is 1. The highest BCUT2D eigenvalue weighted by atomic mass is 35.5. The standard InChI is InChI=1S/C15H15ClN2O4/c1-21-14-7-10(6-13(16)15(14)22-2)9-17-11-4-3-5-12(8-11)18(19)20/h3-8,17H,9H2,1-2H3. The minimum atomic E-state index is -0.432. The monoisotopic (exact) mass is 322 g/mol. The Balaban J connectivity index is 2.16. The summed E-state index contributed by atoms with van der Waals surface area (Å²) in [4.78, 5) is 10.3. The quantitative estimate of drug-likeness (QED) is 0.645. The molecule has 0 unspecified atom stereocenters. The van der Waals surface area contributed by atoms with Crippen LogP contribution in [0, 0.1) is 10.1 Å². The molecule has 0 fully saturated rings. The molecule has 0 atom stereocenters. The zero-order valence-electron chi connectivity index (χ0n) is 12.1. The average molecular weight is 323 g/mol. The van der Waals surface area contributed by atoms with Crippen molar-refractivity contribution in [2.24, 2.45) is 0 Å². The van der Waals surface area contributed by atoms with Gasteiger partial charge in [0, 0.05) is 24.4 Å². The van der Waals surface area contributed by atoms with Crippen LogP contribution in [0.3, 0.4) is 0 Å². The number of nitro benzene ring substituents is 1. The van der Waals surface area contributed by atoms with Crippen LogP contribution in [-0.4, -0.2) is 19.1 Å². The normalized spacial score (nSPS) is 10.1. The molecule has 0 aromatic heterocycles. The van der Waals surface area contributed by atoms with Gasteiger partial charge in [0.25, 0.3) is 5.69 Å². The van der Waals surface area contributed by atoms with E-state index in [-0.39, 0.29) is 5.69 Å². The third-order valence-electron chi connectivity index (χ3n) is 3.05. The largest absolute Gasteiger partial charge is 0.493 e. The van der Waals surface area contributed by atoms with Gasteiger partial charge in [-0.2, -0.15) is 0 Å². The number of methoxy groups -OCH3 is 2. The summed E-state index contributed by atoms with van der Waals surface area (Å²) in [5.41, 5.74) is 1.56. The molecule has 0 heterocycles. The van der Waals surface area contributed by atoms with Crippen LogP contribution >= 0.6 is 11.6 Å². The molecule has 0 aliphatic heterocycles. The minimum absolute atomic E-state index is 0.0374. The van der Waals surface area contributed by atoms with Crippen LogP contribution in [0.2, 0.25) is 5.02 Å². The lowest BCUT2D eigenvalue weighted by atomic mass is 10.2. The third-order valence-corrected chi connectivity index (χ3v) is 3.33. The van der Waals surface area contributed by atoms with Crippen molar-refractivity contribution in [2.45, 2.75) is 6.54 Å². The van der Waals surface area contributed by atoms with E-state index in [0.717, 1.165) is 5.56 Å². The molecule has 0 aliphatic carbocycles. The Morgan fingerprint density at radius 1 is 1.23 bits per heavy atom. The third kappa shape index (κ3) is 3.59. The molecule has 2 aromatic carbocycles. The number of hydrogen-bond donors (Lipinski definition) is 1. The van der Waals surface area contributed by atoms with Crippen molar-refractivity contribution < 1.29 is 14.4 Å². The Morgan fingerprint density at radius 2 is 2.00 bits per heavy atom. The van der Waals surface area contributed by atoms with Crippen molar-refractivity contribution in [1.82, 2.24) is 0 Å². The van der Waals surface area contributed by atoms with Crippen molar-refractivity contribution >= 4 is 23.0 Å². The molecular weight excluding hydrogens is 308 g/mol. The highest BCUT2D eigenvalue weighted by molar-refractivity contribution is 6.32. The van der Waals surface area contributed by atoms with Gasteiger partial charge in [-0.05, 0) is 23.8 Å². The van der Waals surface area contributed by atoms with Gasteiger partial charge in [-0.3, -0.25) is 10.1 Å². The summed E-state index contributed by atoms with van der Waals surface area (Å²) in [6.45, 7) is 0.446. The van der Waals surface area contributed by atoms with Crippen molar-refractivity contribution in [2.75, 3.05) is 19.5 Å². The Morgan fingerprint density at radius 3 is 2.64 bits per heavy atom. The van der Waals surface area contributed by atoms with Crippen molar-refractivity contribution in [3.63, 3.8) is 0 Å². The second kappa shape index (κ2) is 7.00. The van der Waals surface area contributed by atoms with Gasteiger partial charge < -0.3 is 14.8 Å².